The monoisotopic (exact) mass is 1520 g/mol. The molecule has 0 aromatic heterocycles. The first kappa shape index (κ1) is 82.1. The van der Waals surface area contributed by atoms with Gasteiger partial charge in [-0.15, -0.1) is 0 Å². The zero-order chi connectivity index (χ0) is 74.7. The number of unbranched alkanes of at least 4 members (excludes halogenated alkanes) is 8. The molecule has 5 aliphatic heterocycles. The molecular formula is C93H164N8O8. The molecule has 16 fully saturated rings. The van der Waals surface area contributed by atoms with Gasteiger partial charge in [-0.05, 0) is 193 Å². The lowest BCUT2D eigenvalue weighted by Gasteiger charge is -2.57. The molecule has 16 nitrogen and oxygen atoms in total. The lowest BCUT2D eigenvalue weighted by Crippen LogP contribution is -2.64. The van der Waals surface area contributed by atoms with E-state index in [1.807, 2.05) is 0 Å². The maximum Gasteiger partial charge on any atom is 0.0678 e. The molecule has 0 radical (unpaired) electrons. The van der Waals surface area contributed by atoms with Crippen LogP contribution in [0.5, 0.6) is 0 Å². The molecule has 8 bridgehead atoms. The van der Waals surface area contributed by atoms with Crippen molar-refractivity contribution in [3.05, 3.63) is 0 Å². The molecule has 38 unspecified atom stereocenters. The van der Waals surface area contributed by atoms with Crippen LogP contribution in [-0.2, 0) is 37.9 Å². The van der Waals surface area contributed by atoms with E-state index in [0.717, 1.165) is 191 Å². The number of nitrogens with zero attached hydrogens (tertiary/aromatic N) is 1. The second kappa shape index (κ2) is 38.6. The van der Waals surface area contributed by atoms with E-state index in [0.29, 0.717) is 47.3 Å². The fourth-order valence-corrected chi connectivity index (χ4v) is 29.3. The lowest BCUT2D eigenvalue weighted by molar-refractivity contribution is -0.193. The highest BCUT2D eigenvalue weighted by atomic mass is 16.5. The fourth-order valence-electron chi connectivity index (χ4n) is 29.3. The first-order chi connectivity index (χ1) is 53.7. The van der Waals surface area contributed by atoms with Crippen LogP contribution in [0.1, 0.15) is 299 Å². The van der Waals surface area contributed by atoms with Gasteiger partial charge in [0.2, 0.25) is 0 Å². The predicted octanol–water partition coefficient (Wildman–Crippen LogP) is 16.5. The first-order valence-corrected chi connectivity index (χ1v) is 48.7. The molecule has 5 saturated heterocycles. The Morgan fingerprint density at radius 2 is 0.394 bits per heavy atom. The minimum atomic E-state index is -0.0733. The Kier molecular flexibility index (Phi) is 29.1. The number of fused-ring (bicyclic) bond motifs is 27. The van der Waals surface area contributed by atoms with Crippen LogP contribution in [0.4, 0.5) is 0 Å². The van der Waals surface area contributed by atoms with E-state index in [9.17, 15) is 0 Å². The Morgan fingerprint density at radius 1 is 0.220 bits per heavy atom. The summed E-state index contributed by atoms with van der Waals surface area (Å²) in [6, 6.07) is 0. The van der Waals surface area contributed by atoms with E-state index in [2.05, 4.69) is 67.3 Å². The molecule has 16 aliphatic rings. The van der Waals surface area contributed by atoms with Crippen molar-refractivity contribution in [3.63, 3.8) is 0 Å². The highest BCUT2D eigenvalue weighted by Crippen LogP contribution is 2.63. The van der Waals surface area contributed by atoms with Crippen molar-refractivity contribution in [2.75, 3.05) is 59.9 Å². The molecule has 11 saturated carbocycles. The normalized spacial score (nSPS) is 48.3. The largest absolute Gasteiger partial charge is 0.378 e. The summed E-state index contributed by atoms with van der Waals surface area (Å²) in [7, 11) is 2.55. The van der Waals surface area contributed by atoms with E-state index >= 15 is 0 Å². The van der Waals surface area contributed by atoms with E-state index in [1.54, 1.807) is 0 Å². The molecule has 7 N–H and O–H groups in total. The maximum absolute atomic E-state index is 7.97. The van der Waals surface area contributed by atoms with Gasteiger partial charge in [0.15, 0.2) is 0 Å². The van der Waals surface area contributed by atoms with Crippen LogP contribution >= 0.6 is 0 Å². The molecule has 0 aromatic rings. The molecule has 0 aromatic carbocycles. The van der Waals surface area contributed by atoms with Crippen molar-refractivity contribution < 1.29 is 37.9 Å². The van der Waals surface area contributed by atoms with Crippen LogP contribution in [0, 0.1) is 130 Å². The van der Waals surface area contributed by atoms with Crippen LogP contribution in [-0.4, -0.2) is 163 Å². The average Bonchev–Trinajstić information content (AvgIpc) is 1.56. The third-order valence-corrected chi connectivity index (χ3v) is 34.2. The molecule has 624 valence electrons. The van der Waals surface area contributed by atoms with Crippen molar-refractivity contribution in [2.45, 2.75) is 398 Å². The summed E-state index contributed by atoms with van der Waals surface area (Å²) in [6.07, 6.45) is 47.2. The second-order valence-corrected chi connectivity index (χ2v) is 40.1. The van der Waals surface area contributed by atoms with Crippen LogP contribution in [0.25, 0.3) is 0 Å². The third kappa shape index (κ3) is 16.7. The molecule has 0 amide bonds. The quantitative estimate of drug-likeness (QED) is 0.0318. The summed E-state index contributed by atoms with van der Waals surface area (Å²) >= 11 is 0. The Balaban J connectivity index is 0.899. The predicted molar refractivity (Wildman–Crippen MR) is 436 cm³/mol. The Morgan fingerprint density at radius 3 is 0.587 bits per heavy atom. The highest BCUT2D eigenvalue weighted by molar-refractivity contribution is 5.21. The van der Waals surface area contributed by atoms with Gasteiger partial charge in [0.05, 0.1) is 98.2 Å². The molecule has 38 atom stereocenters. The maximum atomic E-state index is 7.97. The second-order valence-electron chi connectivity index (χ2n) is 40.1. The van der Waals surface area contributed by atoms with Crippen molar-refractivity contribution >= 4 is 0 Å². The minimum Gasteiger partial charge on any atom is -0.378 e. The van der Waals surface area contributed by atoms with E-state index in [1.165, 1.54) is 141 Å². The standard InChI is InChI=1S/C93H164N8O8/c1-10-18-42-102-78-62-40-32-33-41-63(62)79(103-43-19-11-2)77-76(78)92-99-90-74-72(82(106-46-22-14-5)66-52-58-36-28-30-38-60(58)54-68(66)84(74)108-48-24-16-7)88(97-90)95-86-70-71(81(105-45-21-13-4)65-51-57-35-27-26-34-56(57)50-64(65)80(70)104-44-20-12-3)87(94-86)96-89-73-75(91(98-89)100-93(77)101(92)9)85(109-49-25-17-8)69-55-61-39-31-29-37-59(61)53-67(69)83(73)107-47-23-15-6/h56-100H,10-55H2,1-9H3. The van der Waals surface area contributed by atoms with Crippen LogP contribution in [0.2, 0.25) is 0 Å². The van der Waals surface area contributed by atoms with Gasteiger partial charge in [0.1, 0.15) is 0 Å². The van der Waals surface area contributed by atoms with Gasteiger partial charge in [-0.1, -0.05) is 197 Å². The molecule has 16 heteroatoms. The van der Waals surface area contributed by atoms with Crippen LogP contribution < -0.4 is 37.2 Å². The van der Waals surface area contributed by atoms with Gasteiger partial charge in [-0.2, -0.15) is 0 Å². The van der Waals surface area contributed by atoms with E-state index < -0.39 is 0 Å². The summed E-state index contributed by atoms with van der Waals surface area (Å²) in [6.45, 7) is 25.5. The molecule has 109 heavy (non-hydrogen) atoms. The fraction of sp³-hybridized carbons (Fsp3) is 1.00. The Labute approximate surface area is 664 Å². The molecule has 11 aliphatic carbocycles. The van der Waals surface area contributed by atoms with Crippen molar-refractivity contribution in [1.82, 2.24) is 42.1 Å². The van der Waals surface area contributed by atoms with Crippen molar-refractivity contribution in [1.29, 1.82) is 0 Å². The highest BCUT2D eigenvalue weighted by Gasteiger charge is 2.71. The number of hydrogen-bond donors (Lipinski definition) is 7. The summed E-state index contributed by atoms with van der Waals surface area (Å²) in [5, 5.41) is 34.0. The molecule has 16 rings (SSSR count). The average molecular weight is 1520 g/mol. The summed E-state index contributed by atoms with van der Waals surface area (Å²) < 4.78 is 63.5. The Bertz CT molecular complexity index is 2570. The molecule has 0 spiro atoms. The topological polar surface area (TPSA) is 161 Å². The number of ether oxygens (including phenoxy) is 8. The number of hydrogen-bond acceptors (Lipinski definition) is 16. The van der Waals surface area contributed by atoms with Gasteiger partial charge in [-0.3, -0.25) is 42.1 Å². The van der Waals surface area contributed by atoms with Crippen LogP contribution in [0.3, 0.4) is 0 Å². The SMILES string of the molecule is CCCCOC1C2CC3CCCCC3CC2C(OCCCC)C2C3NC(NC4NC(NC5C6C(OCCCC)C7CCCCC7C(OCCCC)C6C(NC6NC(N3)C3C(OCCCC)C7CC8CCCCC8CC7C(OCCCC)C63)N5C)C3C(OCCCC)C5CC6CCCCC6CC5C(OCCCC)C43)C12. The van der Waals surface area contributed by atoms with E-state index in [4.69, 9.17) is 75.1 Å². The summed E-state index contributed by atoms with van der Waals surface area (Å²) in [4.78, 5) is 2.89. The zero-order valence-electron chi connectivity index (χ0n) is 70.7. The third-order valence-electron chi connectivity index (χ3n) is 34.2. The smallest absolute Gasteiger partial charge is 0.0678 e. The number of nitrogens with one attached hydrogen (secondary N) is 7. The van der Waals surface area contributed by atoms with Crippen molar-refractivity contribution in [2.24, 2.45) is 130 Å². The number of rotatable bonds is 32. The van der Waals surface area contributed by atoms with Crippen LogP contribution in [0.15, 0.2) is 0 Å². The van der Waals surface area contributed by atoms with Gasteiger partial charge >= 0.3 is 0 Å². The lowest BCUT2D eigenvalue weighted by atomic mass is 9.53. The molecule has 5 heterocycles. The van der Waals surface area contributed by atoms with Gasteiger partial charge in [0, 0.05) is 100 Å². The first-order valence-electron chi connectivity index (χ1n) is 48.7. The Hall–Kier alpha value is -0.640. The molecular weight excluding hydrogens is 1360 g/mol. The van der Waals surface area contributed by atoms with Gasteiger partial charge in [0.25, 0.3) is 0 Å². The zero-order valence-corrected chi connectivity index (χ0v) is 70.7. The van der Waals surface area contributed by atoms with Gasteiger partial charge in [-0.25, -0.2) is 0 Å². The van der Waals surface area contributed by atoms with E-state index in [-0.39, 0.29) is 146 Å². The van der Waals surface area contributed by atoms with Gasteiger partial charge < -0.3 is 37.9 Å². The minimum absolute atomic E-state index is 0.0206. The summed E-state index contributed by atoms with van der Waals surface area (Å²) in [5.41, 5.74) is 0. The summed E-state index contributed by atoms with van der Waals surface area (Å²) in [5.74, 6) is 9.39. The van der Waals surface area contributed by atoms with Crippen molar-refractivity contribution in [3.8, 4) is 0 Å².